The van der Waals surface area contributed by atoms with Crippen molar-refractivity contribution in [1.82, 2.24) is 25.5 Å². The molecule has 16 nitrogen and oxygen atoms in total. The normalized spacial score (nSPS) is 26.2. The van der Waals surface area contributed by atoms with E-state index in [1.807, 2.05) is 34.6 Å². The Kier molecular flexibility index (Phi) is 11.8. The Morgan fingerprint density at radius 3 is 2.46 bits per heavy atom. The lowest BCUT2D eigenvalue weighted by Crippen LogP contribution is -2.59. The van der Waals surface area contributed by atoms with E-state index in [2.05, 4.69) is 27.5 Å². The first-order valence-corrected chi connectivity index (χ1v) is 20.5. The minimum atomic E-state index is -1.54. The number of alkyl carbamates (subject to hydrolysis) is 1. The number of carbonyl (C=O) groups is 4. The number of carbonyl (C=O) groups excluding carboxylic acids is 3. The van der Waals surface area contributed by atoms with Crippen molar-refractivity contribution >= 4 is 52.4 Å². The third kappa shape index (κ3) is 8.93. The molecule has 4 fully saturated rings. The minimum Gasteiger partial charge on any atom is -0.490 e. The van der Waals surface area contributed by atoms with Gasteiger partial charge in [-0.05, 0) is 68.9 Å². The zero-order chi connectivity index (χ0) is 42.4. The fraction of sp³-hybridized carbons (Fsp3) is 0.571. The SMILES string of the molecule is C=C[C@@H]1C[C@]1(NC(=O)[C@@H]1C[C@H](Oc2cc(-c3coc(NC(C)C)n3)nc3c(Cl)c(OCCOC)ccc23)CN1C(=O)[C@@H](NC(=O)OC1C[C@@H]2C[C@@H]2C1)C(C)(C)C)C(=O)O. The van der Waals surface area contributed by atoms with Gasteiger partial charge in [-0.25, -0.2) is 14.6 Å². The molecule has 59 heavy (non-hydrogen) atoms. The number of amides is 3. The molecular formula is C42H53ClN6O10. The van der Waals surface area contributed by atoms with Crippen molar-refractivity contribution in [3.63, 3.8) is 0 Å². The Labute approximate surface area is 347 Å². The number of hydrogen-bond donors (Lipinski definition) is 4. The summed E-state index contributed by atoms with van der Waals surface area (Å²) in [4.78, 5) is 65.4. The van der Waals surface area contributed by atoms with Crippen LogP contribution in [0.15, 0.2) is 41.5 Å². The molecule has 318 valence electrons. The lowest BCUT2D eigenvalue weighted by molar-refractivity contribution is -0.146. The molecule has 0 bridgehead atoms. The lowest BCUT2D eigenvalue weighted by atomic mass is 9.85. The molecule has 1 aliphatic heterocycles. The molecule has 3 amide bonds. The van der Waals surface area contributed by atoms with Gasteiger partial charge in [-0.1, -0.05) is 38.4 Å². The van der Waals surface area contributed by atoms with Gasteiger partial charge in [0.05, 0.1) is 24.4 Å². The first kappa shape index (κ1) is 42.0. The molecule has 1 saturated heterocycles. The highest BCUT2D eigenvalue weighted by atomic mass is 35.5. The molecule has 3 heterocycles. The fourth-order valence-corrected chi connectivity index (χ4v) is 8.50. The van der Waals surface area contributed by atoms with Crippen LogP contribution in [0.1, 0.15) is 66.7 Å². The van der Waals surface area contributed by atoms with Crippen LogP contribution >= 0.6 is 11.6 Å². The molecule has 4 aliphatic rings. The van der Waals surface area contributed by atoms with E-state index in [0.29, 0.717) is 58.2 Å². The number of hydrogen-bond acceptors (Lipinski definition) is 12. The first-order chi connectivity index (χ1) is 28.0. The number of aliphatic carboxylic acids is 1. The van der Waals surface area contributed by atoms with Crippen molar-refractivity contribution in [2.75, 3.05) is 32.2 Å². The number of benzene rings is 1. The van der Waals surface area contributed by atoms with E-state index >= 15 is 0 Å². The number of halogens is 1. The number of likely N-dealkylation sites (tertiary alicyclic amines) is 1. The number of carboxylic acids is 1. The topological polar surface area (TPSA) is 204 Å². The van der Waals surface area contributed by atoms with Crippen molar-refractivity contribution < 1.29 is 47.6 Å². The van der Waals surface area contributed by atoms with E-state index in [0.717, 1.165) is 19.3 Å². The zero-order valence-electron chi connectivity index (χ0n) is 34.2. The maximum atomic E-state index is 14.7. The van der Waals surface area contributed by atoms with Gasteiger partial charge in [-0.2, -0.15) is 4.98 Å². The van der Waals surface area contributed by atoms with Crippen molar-refractivity contribution in [2.24, 2.45) is 23.2 Å². The van der Waals surface area contributed by atoms with Crippen molar-refractivity contribution in [3.05, 3.63) is 42.1 Å². The van der Waals surface area contributed by atoms with E-state index < -0.39 is 58.9 Å². The molecular weight excluding hydrogens is 784 g/mol. The van der Waals surface area contributed by atoms with Crippen LogP contribution in [0.5, 0.6) is 11.5 Å². The maximum absolute atomic E-state index is 14.7. The van der Waals surface area contributed by atoms with Crippen molar-refractivity contribution in [3.8, 4) is 22.9 Å². The molecule has 8 atom stereocenters. The van der Waals surface area contributed by atoms with Crippen LogP contribution in [0.2, 0.25) is 5.02 Å². The third-order valence-electron chi connectivity index (χ3n) is 11.6. The molecule has 0 spiro atoms. The predicted octanol–water partition coefficient (Wildman–Crippen LogP) is 5.82. The summed E-state index contributed by atoms with van der Waals surface area (Å²) in [6.45, 7) is 13.6. The quantitative estimate of drug-likeness (QED) is 0.0994. The van der Waals surface area contributed by atoms with Gasteiger partial charge >= 0.3 is 12.1 Å². The average molecular weight is 837 g/mol. The van der Waals surface area contributed by atoms with Gasteiger partial charge in [0, 0.05) is 36.9 Å². The van der Waals surface area contributed by atoms with Crippen LogP contribution in [0.25, 0.3) is 22.3 Å². The second-order valence-corrected chi connectivity index (χ2v) is 17.8. The molecule has 1 aromatic carbocycles. The van der Waals surface area contributed by atoms with Crippen LogP contribution in [0, 0.1) is 23.2 Å². The Bertz CT molecular complexity index is 2110. The van der Waals surface area contributed by atoms with Gasteiger partial charge < -0.3 is 49.3 Å². The summed E-state index contributed by atoms with van der Waals surface area (Å²) in [6, 6.07) is 3.22. The highest BCUT2D eigenvalue weighted by molar-refractivity contribution is 6.36. The summed E-state index contributed by atoms with van der Waals surface area (Å²) in [5.41, 5.74) is -1.25. The molecule has 1 unspecified atom stereocenters. The van der Waals surface area contributed by atoms with Gasteiger partial charge in [0.2, 0.25) is 11.8 Å². The van der Waals surface area contributed by atoms with Gasteiger partial charge in [0.1, 0.15) is 64.9 Å². The number of fused-ring (bicyclic) bond motifs is 2. The summed E-state index contributed by atoms with van der Waals surface area (Å²) in [6.07, 6.45) is 4.20. The zero-order valence-corrected chi connectivity index (χ0v) is 35.0. The standard InChI is InChI=1S/C42H53ClN6O10/c1-8-24-18-42(24,38(52)53)48-36(50)30-16-26(19-49(30)37(51)35(41(4,5)6)47-40(54)59-25-14-22-13-23(22)15-25)58-32-17-28(29-20-57-39(46-29)44-21(2)3)45-34-27(32)9-10-31(33(34)43)56-12-11-55-7/h8-10,17,20-26,30,35H,1,11-16,18-19H2,2-7H3,(H,44,46)(H,47,54)(H,48,50)(H,52,53)/t22-,23+,24-,25?,26+,30+,35-,42-/m1/s1. The molecule has 3 aromatic rings. The number of pyridine rings is 1. The van der Waals surface area contributed by atoms with Crippen molar-refractivity contribution in [2.45, 2.75) is 103 Å². The largest absolute Gasteiger partial charge is 0.490 e. The Hall–Kier alpha value is -5.09. The third-order valence-corrected chi connectivity index (χ3v) is 12.0. The predicted molar refractivity (Wildman–Crippen MR) is 217 cm³/mol. The Morgan fingerprint density at radius 1 is 1.07 bits per heavy atom. The fourth-order valence-electron chi connectivity index (χ4n) is 8.24. The first-order valence-electron chi connectivity index (χ1n) is 20.1. The number of carboxylic acid groups (broad SMARTS) is 1. The van der Waals surface area contributed by atoms with Gasteiger partial charge in [-0.15, -0.1) is 6.58 Å². The van der Waals surface area contributed by atoms with E-state index in [9.17, 15) is 24.3 Å². The summed E-state index contributed by atoms with van der Waals surface area (Å²) < 4.78 is 29.1. The molecule has 2 aromatic heterocycles. The molecule has 4 N–H and O–H groups in total. The second-order valence-electron chi connectivity index (χ2n) is 17.4. The molecule has 17 heteroatoms. The van der Waals surface area contributed by atoms with E-state index in [1.165, 1.54) is 17.2 Å². The smallest absolute Gasteiger partial charge is 0.408 e. The number of methoxy groups -OCH3 is 1. The summed E-state index contributed by atoms with van der Waals surface area (Å²) in [5, 5.41) is 19.5. The maximum Gasteiger partial charge on any atom is 0.408 e. The van der Waals surface area contributed by atoms with Crippen LogP contribution in [-0.2, 0) is 23.9 Å². The highest BCUT2D eigenvalue weighted by Gasteiger charge is 2.61. The van der Waals surface area contributed by atoms with Gasteiger partial charge in [0.25, 0.3) is 6.01 Å². The van der Waals surface area contributed by atoms with E-state index in [1.54, 1.807) is 25.3 Å². The van der Waals surface area contributed by atoms with Crippen LogP contribution in [0.4, 0.5) is 10.8 Å². The summed E-state index contributed by atoms with van der Waals surface area (Å²) in [5.74, 6) is -0.997. The van der Waals surface area contributed by atoms with Crippen molar-refractivity contribution in [1.29, 1.82) is 0 Å². The summed E-state index contributed by atoms with van der Waals surface area (Å²) in [7, 11) is 1.57. The molecule has 3 aliphatic carbocycles. The van der Waals surface area contributed by atoms with Crippen LogP contribution in [-0.4, -0.2) is 107 Å². The second kappa shape index (κ2) is 16.5. The molecule has 3 saturated carbocycles. The van der Waals surface area contributed by atoms with Gasteiger partial charge in [0.15, 0.2) is 0 Å². The number of aromatic nitrogens is 2. The Balaban J connectivity index is 1.21. The van der Waals surface area contributed by atoms with E-state index in [4.69, 9.17) is 39.9 Å². The van der Waals surface area contributed by atoms with Crippen LogP contribution in [0.3, 0.4) is 0 Å². The minimum absolute atomic E-state index is 0.00427. The number of rotatable bonds is 16. The lowest BCUT2D eigenvalue weighted by Gasteiger charge is -2.35. The van der Waals surface area contributed by atoms with Crippen LogP contribution < -0.4 is 25.4 Å². The van der Waals surface area contributed by atoms with E-state index in [-0.39, 0.29) is 43.2 Å². The number of nitrogens with one attached hydrogen (secondary N) is 3. The molecule has 7 rings (SSSR count). The number of oxazole rings is 1. The highest BCUT2D eigenvalue weighted by Crippen LogP contribution is 2.52. The molecule has 0 radical (unpaired) electrons. The number of ether oxygens (including phenoxy) is 4. The summed E-state index contributed by atoms with van der Waals surface area (Å²) >= 11 is 6.92. The number of anilines is 1. The monoisotopic (exact) mass is 836 g/mol. The number of nitrogens with zero attached hydrogens (tertiary/aromatic N) is 3. The van der Waals surface area contributed by atoms with Gasteiger partial charge in [-0.3, -0.25) is 9.59 Å². The Morgan fingerprint density at radius 2 is 1.81 bits per heavy atom. The average Bonchev–Trinajstić information content (AvgIpc) is 3.84.